The van der Waals surface area contributed by atoms with Crippen molar-refractivity contribution in [3.05, 3.63) is 80.9 Å². The zero-order chi connectivity index (χ0) is 16.7. The molecule has 0 radical (unpaired) electrons. The van der Waals surface area contributed by atoms with Crippen LogP contribution in [0.3, 0.4) is 0 Å². The topological polar surface area (TPSA) is 17.3 Å². The number of hydrogen-bond acceptors (Lipinski definition) is 2. The van der Waals surface area contributed by atoms with Crippen LogP contribution in [0, 0.1) is 6.92 Å². The van der Waals surface area contributed by atoms with Crippen LogP contribution in [-0.2, 0) is 6.42 Å². The van der Waals surface area contributed by atoms with Gasteiger partial charge in [0.2, 0.25) is 0 Å². The highest BCUT2D eigenvalue weighted by Gasteiger charge is 2.10. The van der Waals surface area contributed by atoms with Crippen LogP contribution in [0.2, 0.25) is 10.0 Å². The van der Waals surface area contributed by atoms with E-state index >= 15 is 0 Å². The zero-order valence-corrected chi connectivity index (χ0v) is 15.3. The Hall–Kier alpha value is -1.81. The van der Waals surface area contributed by atoms with E-state index in [2.05, 4.69) is 48.0 Å². The molecule has 0 N–H and O–H groups in total. The molecule has 0 atom stereocenters. The third-order valence-electron chi connectivity index (χ3n) is 3.93. The lowest BCUT2D eigenvalue weighted by Gasteiger charge is -2.02. The first kappa shape index (κ1) is 15.7. The number of hydrogen-bond donors (Lipinski definition) is 0. The maximum absolute atomic E-state index is 6.27. The molecule has 0 bridgehead atoms. The Morgan fingerprint density at radius 3 is 2.54 bits per heavy atom. The van der Waals surface area contributed by atoms with Gasteiger partial charge in [0.1, 0.15) is 0 Å². The smallest absolute Gasteiger partial charge is 0.194 e. The molecule has 2 aromatic carbocycles. The number of thiazole rings is 1. The van der Waals surface area contributed by atoms with E-state index in [0.29, 0.717) is 10.0 Å². The Labute approximate surface area is 154 Å². The molecule has 4 aromatic rings. The molecular formula is C19H14Cl2N2S. The first-order chi connectivity index (χ1) is 11.6. The van der Waals surface area contributed by atoms with Gasteiger partial charge in [0.05, 0.1) is 5.69 Å². The van der Waals surface area contributed by atoms with E-state index in [1.54, 1.807) is 17.4 Å². The summed E-state index contributed by atoms with van der Waals surface area (Å²) >= 11 is 13.9. The lowest BCUT2D eigenvalue weighted by molar-refractivity contribution is 1.16. The number of imidazole rings is 1. The molecule has 24 heavy (non-hydrogen) atoms. The second-order valence-corrected chi connectivity index (χ2v) is 7.73. The van der Waals surface area contributed by atoms with Gasteiger partial charge in [0.25, 0.3) is 0 Å². The number of aryl methyl sites for hydroxylation is 1. The van der Waals surface area contributed by atoms with Gasteiger partial charge < -0.3 is 0 Å². The van der Waals surface area contributed by atoms with Gasteiger partial charge in [0, 0.05) is 39.3 Å². The number of halogens is 2. The Bertz CT molecular complexity index is 984. The summed E-state index contributed by atoms with van der Waals surface area (Å²) in [5.41, 5.74) is 4.46. The summed E-state index contributed by atoms with van der Waals surface area (Å²) in [6, 6.07) is 14.1. The van der Waals surface area contributed by atoms with Gasteiger partial charge >= 0.3 is 0 Å². The Morgan fingerprint density at radius 1 is 1.04 bits per heavy atom. The molecule has 0 aliphatic carbocycles. The van der Waals surface area contributed by atoms with Crippen molar-refractivity contribution in [2.45, 2.75) is 13.3 Å². The lowest BCUT2D eigenvalue weighted by atomic mass is 10.1. The van der Waals surface area contributed by atoms with Crippen molar-refractivity contribution in [2.24, 2.45) is 0 Å². The fourth-order valence-electron chi connectivity index (χ4n) is 2.64. The SMILES string of the molecule is Cc1ccc(-c2cn3cc(Cc4ccc(Cl)cc4Cl)sc3n2)cc1. The molecule has 0 aliphatic rings. The van der Waals surface area contributed by atoms with Gasteiger partial charge in [-0.2, -0.15) is 0 Å². The largest absolute Gasteiger partial charge is 0.297 e. The highest BCUT2D eigenvalue weighted by atomic mass is 35.5. The summed E-state index contributed by atoms with van der Waals surface area (Å²) in [5, 5.41) is 1.36. The predicted molar refractivity (Wildman–Crippen MR) is 103 cm³/mol. The second kappa shape index (κ2) is 6.25. The quantitative estimate of drug-likeness (QED) is 0.414. The van der Waals surface area contributed by atoms with Crippen LogP contribution in [0.25, 0.3) is 16.2 Å². The third-order valence-corrected chi connectivity index (χ3v) is 5.51. The summed E-state index contributed by atoms with van der Waals surface area (Å²) in [5.74, 6) is 0. The average Bonchev–Trinajstić information content (AvgIpc) is 3.09. The summed E-state index contributed by atoms with van der Waals surface area (Å²) in [4.78, 5) is 6.95. The lowest BCUT2D eigenvalue weighted by Crippen LogP contribution is -1.86. The molecule has 0 amide bonds. The first-order valence-corrected chi connectivity index (χ1v) is 9.14. The molecule has 120 valence electrons. The van der Waals surface area contributed by atoms with Crippen LogP contribution in [0.4, 0.5) is 0 Å². The van der Waals surface area contributed by atoms with E-state index in [1.165, 1.54) is 10.4 Å². The van der Waals surface area contributed by atoms with Crippen molar-refractivity contribution < 1.29 is 0 Å². The van der Waals surface area contributed by atoms with Crippen LogP contribution in [0.1, 0.15) is 16.0 Å². The van der Waals surface area contributed by atoms with E-state index in [1.807, 2.05) is 12.1 Å². The Kier molecular flexibility index (Phi) is 4.09. The summed E-state index contributed by atoms with van der Waals surface area (Å²) < 4.78 is 2.08. The monoisotopic (exact) mass is 372 g/mol. The molecule has 2 aromatic heterocycles. The number of rotatable bonds is 3. The van der Waals surface area contributed by atoms with Crippen LogP contribution < -0.4 is 0 Å². The Balaban J connectivity index is 1.62. The normalized spacial score (nSPS) is 11.3. The van der Waals surface area contributed by atoms with Gasteiger partial charge in [-0.1, -0.05) is 59.1 Å². The minimum Gasteiger partial charge on any atom is -0.297 e. The van der Waals surface area contributed by atoms with Gasteiger partial charge in [-0.3, -0.25) is 4.40 Å². The van der Waals surface area contributed by atoms with E-state index in [0.717, 1.165) is 28.2 Å². The van der Waals surface area contributed by atoms with Gasteiger partial charge in [-0.15, -0.1) is 11.3 Å². The van der Waals surface area contributed by atoms with Crippen LogP contribution in [0.5, 0.6) is 0 Å². The van der Waals surface area contributed by atoms with Crippen molar-refractivity contribution >= 4 is 39.5 Å². The number of fused-ring (bicyclic) bond motifs is 1. The number of nitrogens with zero attached hydrogens (tertiary/aromatic N) is 2. The fourth-order valence-corrected chi connectivity index (χ4v) is 4.10. The zero-order valence-electron chi connectivity index (χ0n) is 13.0. The van der Waals surface area contributed by atoms with Gasteiger partial charge in [-0.25, -0.2) is 4.98 Å². The van der Waals surface area contributed by atoms with E-state index in [4.69, 9.17) is 28.2 Å². The van der Waals surface area contributed by atoms with E-state index in [9.17, 15) is 0 Å². The first-order valence-electron chi connectivity index (χ1n) is 7.57. The molecule has 0 fully saturated rings. The second-order valence-electron chi connectivity index (χ2n) is 5.79. The number of benzene rings is 2. The van der Waals surface area contributed by atoms with Gasteiger partial charge in [0.15, 0.2) is 4.96 Å². The molecule has 0 saturated heterocycles. The summed E-state index contributed by atoms with van der Waals surface area (Å²) in [7, 11) is 0. The standard InChI is InChI=1S/C19H14Cl2N2S/c1-12-2-4-13(5-3-12)18-11-23-10-16(24-19(23)22-18)8-14-6-7-15(20)9-17(14)21/h2-7,9-11H,8H2,1H3. The summed E-state index contributed by atoms with van der Waals surface area (Å²) in [6.45, 7) is 2.09. The Morgan fingerprint density at radius 2 is 1.83 bits per heavy atom. The molecule has 2 nitrogen and oxygen atoms in total. The fraction of sp³-hybridized carbons (Fsp3) is 0.105. The average molecular weight is 373 g/mol. The molecular weight excluding hydrogens is 359 g/mol. The molecule has 0 aliphatic heterocycles. The van der Waals surface area contributed by atoms with Crippen molar-refractivity contribution in [3.8, 4) is 11.3 Å². The van der Waals surface area contributed by atoms with Crippen LogP contribution in [-0.4, -0.2) is 9.38 Å². The minimum atomic E-state index is 0.660. The van der Waals surface area contributed by atoms with Crippen LogP contribution >= 0.6 is 34.5 Å². The number of aromatic nitrogens is 2. The van der Waals surface area contributed by atoms with Crippen molar-refractivity contribution in [3.63, 3.8) is 0 Å². The third kappa shape index (κ3) is 3.07. The molecule has 2 heterocycles. The molecule has 5 heteroatoms. The van der Waals surface area contributed by atoms with Crippen molar-refractivity contribution in [1.82, 2.24) is 9.38 Å². The summed E-state index contributed by atoms with van der Waals surface area (Å²) in [6.07, 6.45) is 4.98. The van der Waals surface area contributed by atoms with Crippen molar-refractivity contribution in [2.75, 3.05) is 0 Å². The van der Waals surface area contributed by atoms with E-state index < -0.39 is 0 Å². The maximum atomic E-state index is 6.27. The molecule has 0 saturated carbocycles. The maximum Gasteiger partial charge on any atom is 0.194 e. The van der Waals surface area contributed by atoms with E-state index in [-0.39, 0.29) is 0 Å². The van der Waals surface area contributed by atoms with Crippen molar-refractivity contribution in [1.29, 1.82) is 0 Å². The highest BCUT2D eigenvalue weighted by Crippen LogP contribution is 2.28. The predicted octanol–water partition coefficient (Wildman–Crippen LogP) is 6.27. The van der Waals surface area contributed by atoms with Crippen LogP contribution in [0.15, 0.2) is 54.9 Å². The minimum absolute atomic E-state index is 0.660. The molecule has 0 spiro atoms. The molecule has 0 unspecified atom stereocenters. The molecule has 4 rings (SSSR count). The highest BCUT2D eigenvalue weighted by molar-refractivity contribution is 7.17. The van der Waals surface area contributed by atoms with Gasteiger partial charge in [-0.05, 0) is 24.6 Å².